The summed E-state index contributed by atoms with van der Waals surface area (Å²) in [6, 6.07) is 17.1. The third-order valence-corrected chi connectivity index (χ3v) is 4.39. The van der Waals surface area contributed by atoms with E-state index in [2.05, 4.69) is 78.0 Å². The van der Waals surface area contributed by atoms with Gasteiger partial charge < -0.3 is 24.8 Å². The van der Waals surface area contributed by atoms with E-state index in [1.165, 1.54) is 16.8 Å². The fourth-order valence-corrected chi connectivity index (χ4v) is 3.04. The first-order valence-corrected chi connectivity index (χ1v) is 9.26. The van der Waals surface area contributed by atoms with Gasteiger partial charge >= 0.3 is 112 Å². The third kappa shape index (κ3) is 6.34. The van der Waals surface area contributed by atoms with E-state index in [4.69, 9.17) is 0 Å². The van der Waals surface area contributed by atoms with Crippen LogP contribution in [0.4, 0.5) is 0 Å². The van der Waals surface area contributed by atoms with Gasteiger partial charge in [-0.3, -0.25) is 0 Å². The summed E-state index contributed by atoms with van der Waals surface area (Å²) in [7, 11) is -0.0550. The Morgan fingerprint density at radius 1 is 0.926 bits per heavy atom. The van der Waals surface area contributed by atoms with Crippen LogP contribution in [0.3, 0.4) is 0 Å². The van der Waals surface area contributed by atoms with Gasteiger partial charge in [0.05, 0.1) is 0 Å². The van der Waals surface area contributed by atoms with Crippen LogP contribution in [-0.4, -0.2) is 0 Å². The van der Waals surface area contributed by atoms with E-state index >= 15 is 0 Å². The van der Waals surface area contributed by atoms with Crippen molar-refractivity contribution >= 4 is 7.92 Å². The van der Waals surface area contributed by atoms with Crippen LogP contribution in [0.15, 0.2) is 73.3 Å². The molecule has 0 aliphatic rings. The number of benzene rings is 1. The van der Waals surface area contributed by atoms with Gasteiger partial charge in [-0.15, -0.1) is 0 Å². The molecule has 0 atom stereocenters. The van der Waals surface area contributed by atoms with E-state index in [0.717, 1.165) is 18.4 Å². The Kier molecular flexibility index (Phi) is 10.1. The van der Waals surface area contributed by atoms with Crippen LogP contribution < -0.4 is 33.9 Å². The van der Waals surface area contributed by atoms with E-state index in [9.17, 15) is 4.57 Å². The molecule has 3 aromatic rings. The summed E-state index contributed by atoms with van der Waals surface area (Å²) in [6.45, 7) is 2.72. The van der Waals surface area contributed by atoms with Gasteiger partial charge in [-0.2, -0.15) is 0 Å². The number of hydrogen-bond acceptors (Lipinski definition) is 1. The monoisotopic (exact) mass is 418 g/mol. The standard InChI is InChI=1S/C21H21N2OP.2ClH/c1-2-4-18-5-3-6-21(17-18)23-13-9-20(10-14-23)19-7-11-22(12-8-19)15-16-25-24;;/h3,5-14,17H,2,4,15H2,1H3;2*1H/q+2;;/p-2. The summed E-state index contributed by atoms with van der Waals surface area (Å²) in [5.74, 6) is 0. The third-order valence-electron chi connectivity index (χ3n) is 4.12. The number of halogens is 2. The Balaban J connectivity index is 0.00000182. The Hall–Kier alpha value is -1.89. The van der Waals surface area contributed by atoms with E-state index in [0.29, 0.717) is 6.54 Å². The van der Waals surface area contributed by atoms with Crippen molar-refractivity contribution in [3.8, 4) is 22.4 Å². The number of aryl methyl sites for hydroxylation is 1. The number of nitrogens with zero attached hydrogens (tertiary/aromatic N) is 2. The van der Waals surface area contributed by atoms with Crippen LogP contribution >= 0.6 is 7.92 Å². The van der Waals surface area contributed by atoms with E-state index < -0.39 is 0 Å². The van der Waals surface area contributed by atoms with Crippen molar-refractivity contribution in [2.45, 2.75) is 26.3 Å². The summed E-state index contributed by atoms with van der Waals surface area (Å²) in [5, 5.41) is 0. The minimum absolute atomic E-state index is 0. The molecule has 3 nitrogen and oxygen atoms in total. The van der Waals surface area contributed by atoms with Gasteiger partial charge in [-0.1, -0.05) is 25.5 Å². The number of rotatable bonds is 5. The minimum atomic E-state index is -0.0550. The molecule has 0 radical (unpaired) electrons. The maximum atomic E-state index is 10.4. The number of aromatic nitrogens is 2. The van der Waals surface area contributed by atoms with Gasteiger partial charge in [0.15, 0.2) is 0 Å². The van der Waals surface area contributed by atoms with E-state index in [1.807, 2.05) is 17.0 Å². The normalized spacial score (nSPS) is 9.52. The van der Waals surface area contributed by atoms with Gasteiger partial charge in [-0.05, 0) is 12.0 Å². The number of pyridine rings is 2. The fourth-order valence-electron chi connectivity index (χ4n) is 2.82. The van der Waals surface area contributed by atoms with Crippen molar-refractivity contribution in [3.05, 3.63) is 78.9 Å². The molecule has 0 spiro atoms. The van der Waals surface area contributed by atoms with Gasteiger partial charge in [0, 0.05) is 0 Å². The molecule has 0 aliphatic heterocycles. The second-order valence-corrected chi connectivity index (χ2v) is 6.42. The van der Waals surface area contributed by atoms with E-state index in [-0.39, 0.29) is 32.7 Å². The molecule has 0 saturated heterocycles. The Bertz CT molecular complexity index is 955. The molecule has 140 valence electrons. The molecule has 0 aliphatic carbocycles. The van der Waals surface area contributed by atoms with Crippen LogP contribution in [0, 0.1) is 5.63 Å². The summed E-state index contributed by atoms with van der Waals surface area (Å²) in [6.07, 6.45) is 10.4. The molecular weight excluding hydrogens is 398 g/mol. The Morgan fingerprint density at radius 2 is 1.56 bits per heavy atom. The quantitative estimate of drug-likeness (QED) is 0.352. The maximum absolute atomic E-state index is 10.4. The summed E-state index contributed by atoms with van der Waals surface area (Å²) >= 11 is 0. The average molecular weight is 419 g/mol. The van der Waals surface area contributed by atoms with Crippen molar-refractivity contribution in [3.63, 3.8) is 0 Å². The molecule has 0 fully saturated rings. The molecule has 0 saturated carbocycles. The molecule has 6 heteroatoms. The zero-order valence-corrected chi connectivity index (χ0v) is 17.5. The van der Waals surface area contributed by atoms with Gasteiger partial charge in [-0.25, -0.2) is 0 Å². The zero-order valence-electron chi connectivity index (χ0n) is 15.1. The smallest absolute Gasteiger partial charge is 1.00 e. The van der Waals surface area contributed by atoms with Crippen molar-refractivity contribution in [1.82, 2.24) is 0 Å². The van der Waals surface area contributed by atoms with E-state index in [1.54, 1.807) is 0 Å². The second kappa shape index (κ2) is 11.7. The van der Waals surface area contributed by atoms with Crippen LogP contribution in [-0.2, 0) is 17.5 Å². The van der Waals surface area contributed by atoms with Gasteiger partial charge in [0.2, 0.25) is 0 Å². The van der Waals surface area contributed by atoms with Crippen molar-refractivity contribution in [2.75, 3.05) is 0 Å². The first-order chi connectivity index (χ1) is 12.3. The van der Waals surface area contributed by atoms with Crippen LogP contribution in [0.5, 0.6) is 0 Å². The average Bonchev–Trinajstić information content (AvgIpc) is 2.67. The van der Waals surface area contributed by atoms with Crippen LogP contribution in [0.2, 0.25) is 0 Å². The predicted octanol–water partition coefficient (Wildman–Crippen LogP) is -1.87. The topological polar surface area (TPSA) is 24.8 Å². The summed E-state index contributed by atoms with van der Waals surface area (Å²) in [5.41, 5.74) is 7.62. The van der Waals surface area contributed by atoms with Crippen LogP contribution in [0.1, 0.15) is 18.9 Å². The SMILES string of the molecule is CCCc1cccc(-[n+]2ccc(-c3cc[n+](CC#P=O)cc3)cc2)c1.[Cl-].[Cl-]. The summed E-state index contributed by atoms with van der Waals surface area (Å²) < 4.78 is 14.5. The molecule has 2 aromatic heterocycles. The molecule has 0 bridgehead atoms. The molecule has 0 amide bonds. The molecule has 0 N–H and O–H groups in total. The molecule has 27 heavy (non-hydrogen) atoms. The number of hydrogen-bond donors (Lipinski definition) is 0. The van der Waals surface area contributed by atoms with Crippen LogP contribution in [0.25, 0.3) is 16.8 Å². The Labute approximate surface area is 174 Å². The zero-order chi connectivity index (χ0) is 17.5. The second-order valence-electron chi connectivity index (χ2n) is 5.92. The Morgan fingerprint density at radius 3 is 2.15 bits per heavy atom. The molecule has 3 rings (SSSR count). The van der Waals surface area contributed by atoms with Crippen molar-refractivity contribution in [1.29, 1.82) is 0 Å². The first kappa shape index (κ1) is 23.1. The van der Waals surface area contributed by atoms with Gasteiger partial charge in [0.25, 0.3) is 0 Å². The van der Waals surface area contributed by atoms with Gasteiger partial charge in [0.1, 0.15) is 0 Å². The molecule has 2 heterocycles. The summed E-state index contributed by atoms with van der Waals surface area (Å²) in [4.78, 5) is 0. The predicted molar refractivity (Wildman–Crippen MR) is 99.1 cm³/mol. The minimum Gasteiger partial charge on any atom is -1.00 e. The molecule has 0 unspecified atom stereocenters. The molecular formula is C21H21Cl2N2OP. The first-order valence-electron chi connectivity index (χ1n) is 8.45. The molecule has 1 aromatic carbocycles. The fraction of sp³-hybridized carbons (Fsp3) is 0.190. The van der Waals surface area contributed by atoms with Crippen molar-refractivity contribution < 1.29 is 38.5 Å². The van der Waals surface area contributed by atoms with Crippen molar-refractivity contribution in [2.24, 2.45) is 0 Å².